The summed E-state index contributed by atoms with van der Waals surface area (Å²) in [5.41, 5.74) is 8.70. The molecular weight excluding hydrogens is 305 g/mol. The second kappa shape index (κ2) is 7.88. The summed E-state index contributed by atoms with van der Waals surface area (Å²) in [5, 5.41) is 8.96. The van der Waals surface area contributed by atoms with Crippen molar-refractivity contribution in [1.82, 2.24) is 0 Å². The zero-order valence-electron chi connectivity index (χ0n) is 13.9. The number of benzene rings is 2. The van der Waals surface area contributed by atoms with Crippen molar-refractivity contribution in [2.24, 2.45) is 5.73 Å². The number of nitrogens with two attached hydrogens (primary N) is 1. The fourth-order valence-corrected chi connectivity index (χ4v) is 2.46. The van der Waals surface area contributed by atoms with Crippen LogP contribution in [0.4, 0.5) is 4.39 Å². The van der Waals surface area contributed by atoms with E-state index in [1.165, 1.54) is 11.6 Å². The quantitative estimate of drug-likeness (QED) is 0.836. The number of carboxylic acid groups (broad SMARTS) is 1. The summed E-state index contributed by atoms with van der Waals surface area (Å²) in [6, 6.07) is 13.3. The van der Waals surface area contributed by atoms with E-state index in [-0.39, 0.29) is 12.2 Å². The van der Waals surface area contributed by atoms with Crippen LogP contribution in [-0.2, 0) is 4.79 Å². The number of halogens is 1. The summed E-state index contributed by atoms with van der Waals surface area (Å²) in [7, 11) is 0. The van der Waals surface area contributed by atoms with Crippen molar-refractivity contribution >= 4 is 11.5 Å². The molecule has 0 radical (unpaired) electrons. The Bertz CT molecular complexity index is 736. The summed E-state index contributed by atoms with van der Waals surface area (Å²) in [4.78, 5) is 10.9. The molecule has 0 aliphatic rings. The van der Waals surface area contributed by atoms with E-state index in [0.717, 1.165) is 5.56 Å². The fourth-order valence-electron chi connectivity index (χ4n) is 2.46. The van der Waals surface area contributed by atoms with Gasteiger partial charge in [-0.2, -0.15) is 0 Å². The van der Waals surface area contributed by atoms with E-state index in [9.17, 15) is 9.18 Å². The van der Waals surface area contributed by atoms with Gasteiger partial charge in [0.2, 0.25) is 0 Å². The monoisotopic (exact) mass is 327 g/mol. The molecule has 0 aliphatic carbocycles. The Kier molecular flexibility index (Phi) is 5.88. The predicted octanol–water partition coefficient (Wildman–Crippen LogP) is 4.18. The van der Waals surface area contributed by atoms with Crippen molar-refractivity contribution < 1.29 is 14.3 Å². The average molecular weight is 327 g/mol. The van der Waals surface area contributed by atoms with Crippen LogP contribution in [0.3, 0.4) is 0 Å². The molecule has 0 amide bonds. The van der Waals surface area contributed by atoms with Gasteiger partial charge in [-0.25, -0.2) is 4.39 Å². The highest BCUT2D eigenvalue weighted by Crippen LogP contribution is 2.28. The van der Waals surface area contributed by atoms with Gasteiger partial charge in [0.15, 0.2) is 0 Å². The summed E-state index contributed by atoms with van der Waals surface area (Å²) in [5.74, 6) is -1.02. The smallest absolute Gasteiger partial charge is 0.320 e. The van der Waals surface area contributed by atoms with E-state index < -0.39 is 12.0 Å². The van der Waals surface area contributed by atoms with Gasteiger partial charge in [-0.3, -0.25) is 4.79 Å². The molecule has 3 nitrogen and oxygen atoms in total. The molecule has 0 spiro atoms. The number of hydrogen-bond acceptors (Lipinski definition) is 2. The first-order chi connectivity index (χ1) is 11.4. The lowest BCUT2D eigenvalue weighted by Gasteiger charge is -2.13. The van der Waals surface area contributed by atoms with Crippen LogP contribution in [0.2, 0.25) is 0 Å². The van der Waals surface area contributed by atoms with Crippen LogP contribution in [-0.4, -0.2) is 17.1 Å². The van der Waals surface area contributed by atoms with E-state index in [1.54, 1.807) is 24.3 Å². The van der Waals surface area contributed by atoms with Gasteiger partial charge in [0.05, 0.1) is 0 Å². The first-order valence-electron chi connectivity index (χ1n) is 7.94. The summed E-state index contributed by atoms with van der Waals surface area (Å²) in [6.45, 7) is 4.21. The first kappa shape index (κ1) is 17.9. The molecule has 2 rings (SSSR count). The molecule has 2 aromatic carbocycles. The van der Waals surface area contributed by atoms with Gasteiger partial charge >= 0.3 is 5.97 Å². The van der Waals surface area contributed by atoms with Crippen molar-refractivity contribution in [1.29, 1.82) is 0 Å². The SMILES string of the molecule is CC(C)c1ccc(/C(=C/CC(N)C(=O)O)c2ccccc2F)cc1. The van der Waals surface area contributed by atoms with E-state index in [2.05, 4.69) is 13.8 Å². The largest absolute Gasteiger partial charge is 0.480 e. The maximum Gasteiger partial charge on any atom is 0.320 e. The number of carboxylic acids is 1. The Hall–Kier alpha value is -2.46. The van der Waals surface area contributed by atoms with Crippen molar-refractivity contribution in [3.63, 3.8) is 0 Å². The van der Waals surface area contributed by atoms with Gasteiger partial charge in [0.25, 0.3) is 0 Å². The average Bonchev–Trinajstić information content (AvgIpc) is 2.56. The molecule has 2 aromatic rings. The molecule has 0 saturated carbocycles. The van der Waals surface area contributed by atoms with E-state index >= 15 is 0 Å². The molecule has 0 heterocycles. The molecular formula is C20H22FNO2. The summed E-state index contributed by atoms with van der Waals surface area (Å²) < 4.78 is 14.2. The summed E-state index contributed by atoms with van der Waals surface area (Å²) in [6.07, 6.45) is 1.83. The molecule has 0 aliphatic heterocycles. The molecule has 126 valence electrons. The van der Waals surface area contributed by atoms with Crippen LogP contribution < -0.4 is 5.73 Å². The van der Waals surface area contributed by atoms with Gasteiger partial charge in [-0.05, 0) is 35.1 Å². The molecule has 4 heteroatoms. The number of hydrogen-bond donors (Lipinski definition) is 2. The van der Waals surface area contributed by atoms with Crippen molar-refractivity contribution in [2.45, 2.75) is 32.2 Å². The normalized spacial score (nSPS) is 13.1. The van der Waals surface area contributed by atoms with Gasteiger partial charge in [-0.1, -0.05) is 62.4 Å². The molecule has 0 aromatic heterocycles. The lowest BCUT2D eigenvalue weighted by molar-refractivity contribution is -0.138. The zero-order chi connectivity index (χ0) is 17.7. The van der Waals surface area contributed by atoms with Crippen molar-refractivity contribution in [3.8, 4) is 0 Å². The molecule has 0 saturated heterocycles. The Balaban J connectivity index is 2.44. The number of aliphatic carboxylic acids is 1. The van der Waals surface area contributed by atoms with Gasteiger partial charge in [-0.15, -0.1) is 0 Å². The second-order valence-corrected chi connectivity index (χ2v) is 6.05. The third-order valence-electron chi connectivity index (χ3n) is 3.95. The van der Waals surface area contributed by atoms with Crippen LogP contribution in [0.1, 0.15) is 42.9 Å². The van der Waals surface area contributed by atoms with E-state index in [0.29, 0.717) is 17.1 Å². The van der Waals surface area contributed by atoms with Gasteiger partial charge < -0.3 is 10.8 Å². The minimum absolute atomic E-state index is 0.130. The zero-order valence-corrected chi connectivity index (χ0v) is 13.9. The Morgan fingerprint density at radius 2 is 1.79 bits per heavy atom. The van der Waals surface area contributed by atoms with Crippen molar-refractivity contribution in [3.05, 3.63) is 77.1 Å². The topological polar surface area (TPSA) is 63.3 Å². The lowest BCUT2D eigenvalue weighted by atomic mass is 9.93. The van der Waals surface area contributed by atoms with Crippen LogP contribution >= 0.6 is 0 Å². The standard InChI is InChI=1S/C20H22FNO2/c1-13(2)14-7-9-15(10-8-14)16(11-12-19(22)20(23)24)17-5-3-4-6-18(17)21/h3-11,13,19H,12,22H2,1-2H3,(H,23,24)/b16-11-. The van der Waals surface area contributed by atoms with Gasteiger partial charge in [0.1, 0.15) is 11.9 Å². The van der Waals surface area contributed by atoms with Gasteiger partial charge in [0, 0.05) is 5.56 Å². The molecule has 0 fully saturated rings. The molecule has 1 unspecified atom stereocenters. The molecule has 1 atom stereocenters. The molecule has 3 N–H and O–H groups in total. The highest BCUT2D eigenvalue weighted by Gasteiger charge is 2.14. The highest BCUT2D eigenvalue weighted by atomic mass is 19.1. The van der Waals surface area contributed by atoms with Crippen LogP contribution in [0.5, 0.6) is 0 Å². The highest BCUT2D eigenvalue weighted by molar-refractivity contribution is 5.81. The Labute approximate surface area is 141 Å². The lowest BCUT2D eigenvalue weighted by Crippen LogP contribution is -2.29. The minimum Gasteiger partial charge on any atom is -0.480 e. The molecule has 0 bridgehead atoms. The second-order valence-electron chi connectivity index (χ2n) is 6.05. The third-order valence-corrected chi connectivity index (χ3v) is 3.95. The van der Waals surface area contributed by atoms with Crippen LogP contribution in [0, 0.1) is 5.82 Å². The summed E-state index contributed by atoms with van der Waals surface area (Å²) >= 11 is 0. The number of rotatable bonds is 6. The van der Waals surface area contributed by atoms with Crippen molar-refractivity contribution in [2.75, 3.05) is 0 Å². The first-order valence-corrected chi connectivity index (χ1v) is 7.94. The molecule has 24 heavy (non-hydrogen) atoms. The third kappa shape index (κ3) is 4.30. The predicted molar refractivity (Wildman–Crippen MR) is 94.2 cm³/mol. The fraction of sp³-hybridized carbons (Fsp3) is 0.250. The van der Waals surface area contributed by atoms with E-state index in [1.807, 2.05) is 24.3 Å². The maximum atomic E-state index is 14.2. The van der Waals surface area contributed by atoms with Crippen LogP contribution in [0.25, 0.3) is 5.57 Å². The van der Waals surface area contributed by atoms with E-state index in [4.69, 9.17) is 10.8 Å². The number of carbonyl (C=O) groups is 1. The van der Waals surface area contributed by atoms with Crippen LogP contribution in [0.15, 0.2) is 54.6 Å². The Morgan fingerprint density at radius 1 is 1.17 bits per heavy atom. The minimum atomic E-state index is -1.07. The Morgan fingerprint density at radius 3 is 2.33 bits per heavy atom. The maximum absolute atomic E-state index is 14.2.